The van der Waals surface area contributed by atoms with E-state index in [4.69, 9.17) is 4.74 Å². The van der Waals surface area contributed by atoms with Gasteiger partial charge in [-0.2, -0.15) is 0 Å². The predicted octanol–water partition coefficient (Wildman–Crippen LogP) is 3.01. The molecule has 0 saturated carbocycles. The summed E-state index contributed by atoms with van der Waals surface area (Å²) in [4.78, 5) is 59.7. The average molecular weight is 575 g/mol. The number of carboxylic acid groups (broad SMARTS) is 1. The molecule has 12 heteroatoms. The summed E-state index contributed by atoms with van der Waals surface area (Å²) in [5.74, 6) is -0.962. The average Bonchev–Trinajstić information content (AvgIpc) is 3.47. The largest absolute Gasteiger partial charge is 0.488 e. The molecule has 2 aliphatic rings. The highest BCUT2D eigenvalue weighted by Gasteiger charge is 2.54. The second-order valence-electron chi connectivity index (χ2n) is 9.18. The van der Waals surface area contributed by atoms with Gasteiger partial charge in [-0.3, -0.25) is 19.3 Å². The molecule has 2 aliphatic heterocycles. The third kappa shape index (κ3) is 4.75. The molecule has 4 aromatic rings. The van der Waals surface area contributed by atoms with Crippen molar-refractivity contribution in [1.29, 1.82) is 0 Å². The van der Waals surface area contributed by atoms with E-state index in [0.29, 0.717) is 39.4 Å². The van der Waals surface area contributed by atoms with Crippen molar-refractivity contribution >= 4 is 51.8 Å². The molecule has 1 fully saturated rings. The first-order valence-corrected chi connectivity index (χ1v) is 14.3. The number of carbonyl (C=O) groups is 3. The fourth-order valence-electron chi connectivity index (χ4n) is 4.76. The lowest BCUT2D eigenvalue weighted by molar-refractivity contribution is -0.150. The van der Waals surface area contributed by atoms with Crippen LogP contribution in [-0.2, 0) is 20.8 Å². The Hall–Kier alpha value is -4.42. The van der Waals surface area contributed by atoms with Crippen molar-refractivity contribution < 1.29 is 24.2 Å². The molecule has 0 bridgehead atoms. The van der Waals surface area contributed by atoms with E-state index >= 15 is 0 Å². The normalized spacial score (nSPS) is 18.3. The van der Waals surface area contributed by atoms with Crippen molar-refractivity contribution in [2.75, 3.05) is 12.4 Å². The van der Waals surface area contributed by atoms with Gasteiger partial charge >= 0.3 is 5.97 Å². The van der Waals surface area contributed by atoms with Crippen molar-refractivity contribution in [2.24, 2.45) is 0 Å². The van der Waals surface area contributed by atoms with E-state index in [1.54, 1.807) is 48.5 Å². The maximum absolute atomic E-state index is 13.0. The van der Waals surface area contributed by atoms with Crippen LogP contribution in [0.3, 0.4) is 0 Å². The van der Waals surface area contributed by atoms with E-state index < -0.39 is 23.3 Å². The van der Waals surface area contributed by atoms with Gasteiger partial charge in [0.1, 0.15) is 35.3 Å². The number of fused-ring (bicyclic) bond motifs is 2. The lowest BCUT2D eigenvalue weighted by Crippen LogP contribution is -2.70. The van der Waals surface area contributed by atoms with Gasteiger partial charge in [0.05, 0.1) is 22.9 Å². The molecule has 0 radical (unpaired) electrons. The minimum absolute atomic E-state index is 0.0879. The molecule has 6 rings (SSSR count). The van der Waals surface area contributed by atoms with Crippen LogP contribution < -0.4 is 15.6 Å². The van der Waals surface area contributed by atoms with Crippen LogP contribution in [0.4, 0.5) is 0 Å². The van der Waals surface area contributed by atoms with Crippen LogP contribution in [0.2, 0.25) is 0 Å². The number of para-hydroxylation sites is 2. The Morgan fingerprint density at radius 2 is 1.90 bits per heavy atom. The first kappa shape index (κ1) is 25.8. The maximum Gasteiger partial charge on any atom is 0.352 e. The maximum atomic E-state index is 13.0. The number of aromatic nitrogens is 2. The minimum atomic E-state index is -1.24. The van der Waals surface area contributed by atoms with E-state index in [0.717, 1.165) is 4.88 Å². The van der Waals surface area contributed by atoms with Crippen molar-refractivity contribution in [2.45, 2.75) is 17.8 Å². The molecule has 2 aromatic carbocycles. The summed E-state index contributed by atoms with van der Waals surface area (Å²) in [6.07, 6.45) is 0.163. The molecule has 2 aromatic heterocycles. The number of carbonyl (C=O) groups excluding carboxylic acids is 2. The zero-order chi connectivity index (χ0) is 27.8. The third-order valence-corrected chi connectivity index (χ3v) is 8.85. The molecule has 2 amide bonds. The minimum Gasteiger partial charge on any atom is -0.488 e. The van der Waals surface area contributed by atoms with Gasteiger partial charge in [0.15, 0.2) is 0 Å². The zero-order valence-corrected chi connectivity index (χ0v) is 22.5. The molecule has 4 heterocycles. The van der Waals surface area contributed by atoms with Gasteiger partial charge in [-0.05, 0) is 35.7 Å². The van der Waals surface area contributed by atoms with Gasteiger partial charge in [0, 0.05) is 16.2 Å². The van der Waals surface area contributed by atoms with Gasteiger partial charge < -0.3 is 20.1 Å². The zero-order valence-electron chi connectivity index (χ0n) is 20.8. The monoisotopic (exact) mass is 574 g/mol. The number of thiophene rings is 1. The topological polar surface area (TPSA) is 142 Å². The molecule has 1 saturated heterocycles. The first-order chi connectivity index (χ1) is 19.4. The molecule has 0 aliphatic carbocycles. The fraction of sp³-hybridized carbons (Fsp3) is 0.179. The highest BCUT2D eigenvalue weighted by atomic mass is 32.2. The van der Waals surface area contributed by atoms with Gasteiger partial charge in [-0.25, -0.2) is 9.78 Å². The smallest absolute Gasteiger partial charge is 0.352 e. The number of ether oxygens (including phenoxy) is 1. The van der Waals surface area contributed by atoms with Crippen LogP contribution in [0, 0.1) is 0 Å². The number of hydrogen-bond donors (Lipinski definition) is 3. The SMILES string of the molecule is O=C(Cc1cccs1)NC1C(=O)N2C(C(=O)O)=C(COc3ccccc3-c3nc4ccccc4c(=O)[nH]3)CSC12. The third-order valence-electron chi connectivity index (χ3n) is 6.64. The van der Waals surface area contributed by atoms with Crippen molar-refractivity contribution in [3.63, 3.8) is 0 Å². The van der Waals surface area contributed by atoms with Crippen LogP contribution in [-0.4, -0.2) is 61.5 Å². The summed E-state index contributed by atoms with van der Waals surface area (Å²) < 4.78 is 6.05. The van der Waals surface area contributed by atoms with Crippen LogP contribution in [0.25, 0.3) is 22.3 Å². The number of β-lactam (4-membered cyclic amide) rings is 1. The second-order valence-corrected chi connectivity index (χ2v) is 11.3. The number of nitrogens with one attached hydrogen (secondary N) is 2. The number of rotatable bonds is 8. The number of hydrogen-bond acceptors (Lipinski definition) is 8. The van der Waals surface area contributed by atoms with Crippen molar-refractivity contribution in [3.05, 3.63) is 92.5 Å². The Balaban J connectivity index is 1.21. The number of amides is 2. The van der Waals surface area contributed by atoms with Crippen LogP contribution >= 0.6 is 23.1 Å². The molecular formula is C28H22N4O6S2. The predicted molar refractivity (Wildman–Crippen MR) is 151 cm³/mol. The molecule has 2 atom stereocenters. The Bertz CT molecular complexity index is 1730. The lowest BCUT2D eigenvalue weighted by atomic mass is 10.0. The summed E-state index contributed by atoms with van der Waals surface area (Å²) in [7, 11) is 0. The summed E-state index contributed by atoms with van der Waals surface area (Å²) in [5, 5.41) is 14.6. The summed E-state index contributed by atoms with van der Waals surface area (Å²) in [6.45, 7) is -0.0879. The van der Waals surface area contributed by atoms with Crippen LogP contribution in [0.1, 0.15) is 4.88 Å². The summed E-state index contributed by atoms with van der Waals surface area (Å²) in [6, 6.07) is 16.9. The second kappa shape index (κ2) is 10.6. The van der Waals surface area contributed by atoms with Gasteiger partial charge in [-0.15, -0.1) is 23.1 Å². The van der Waals surface area contributed by atoms with E-state index in [2.05, 4.69) is 15.3 Å². The molecule has 10 nitrogen and oxygen atoms in total. The molecule has 40 heavy (non-hydrogen) atoms. The van der Waals surface area contributed by atoms with Gasteiger partial charge in [0.2, 0.25) is 5.91 Å². The quantitative estimate of drug-likeness (QED) is 0.273. The Labute approximate surface area is 235 Å². The molecule has 2 unspecified atom stereocenters. The summed E-state index contributed by atoms with van der Waals surface area (Å²) >= 11 is 2.83. The van der Waals surface area contributed by atoms with Crippen molar-refractivity contribution in [3.8, 4) is 17.1 Å². The Kier molecular flexibility index (Phi) is 6.86. The van der Waals surface area contributed by atoms with E-state index in [-0.39, 0.29) is 30.2 Å². The fourth-order valence-corrected chi connectivity index (χ4v) is 6.79. The van der Waals surface area contributed by atoms with Crippen LogP contribution in [0.5, 0.6) is 5.75 Å². The number of carboxylic acids is 1. The standard InChI is InChI=1S/C28H22N4O6S2/c33-21(12-16-6-5-11-39-16)30-22-26(35)32-23(28(36)37)15(14-40-27(22)32)13-38-20-10-4-2-8-18(20)24-29-19-9-3-1-7-17(19)25(34)31-24/h1-11,22,27H,12-14H2,(H,30,33)(H,36,37)(H,29,31,34). The number of aliphatic carboxylic acids is 1. The Morgan fingerprint density at radius 3 is 2.70 bits per heavy atom. The highest BCUT2D eigenvalue weighted by Crippen LogP contribution is 2.41. The first-order valence-electron chi connectivity index (χ1n) is 12.3. The number of benzene rings is 2. The summed E-state index contributed by atoms with van der Waals surface area (Å²) in [5.41, 5.74) is 1.09. The van der Waals surface area contributed by atoms with Gasteiger partial charge in [-0.1, -0.05) is 30.3 Å². The molecular weight excluding hydrogens is 552 g/mol. The van der Waals surface area contributed by atoms with E-state index in [1.807, 2.05) is 17.5 Å². The van der Waals surface area contributed by atoms with Gasteiger partial charge in [0.25, 0.3) is 11.5 Å². The lowest BCUT2D eigenvalue weighted by Gasteiger charge is -2.49. The molecule has 0 spiro atoms. The Morgan fingerprint density at radius 1 is 1.10 bits per heavy atom. The highest BCUT2D eigenvalue weighted by molar-refractivity contribution is 8.00. The van der Waals surface area contributed by atoms with Crippen molar-refractivity contribution in [1.82, 2.24) is 20.2 Å². The molecule has 202 valence electrons. The number of aromatic amines is 1. The number of thioether (sulfide) groups is 1. The van der Waals surface area contributed by atoms with E-state index in [1.165, 1.54) is 28.0 Å². The van der Waals surface area contributed by atoms with Crippen LogP contribution in [0.15, 0.2) is 82.1 Å². The number of H-pyrrole nitrogens is 1. The van der Waals surface area contributed by atoms with E-state index in [9.17, 15) is 24.3 Å². The molecule has 3 N–H and O–H groups in total. The number of nitrogens with zero attached hydrogens (tertiary/aromatic N) is 2.